The lowest BCUT2D eigenvalue weighted by Gasteiger charge is -2.09. The Balaban J connectivity index is 1.68. The number of rotatable bonds is 7. The Morgan fingerprint density at radius 1 is 1.23 bits per heavy atom. The Hall–Kier alpha value is -1.14. The molecule has 0 spiro atoms. The molecule has 2 N–H and O–H groups in total. The molecule has 1 saturated heterocycles. The van der Waals surface area contributed by atoms with Crippen LogP contribution in [0, 0.1) is 0 Å². The van der Waals surface area contributed by atoms with Gasteiger partial charge in [0.25, 0.3) is 0 Å². The SMILES string of the molecule is CC(=O)Nc1cccc(NC(=O)CCCC[C@@H]2CCSS2)c1. The van der Waals surface area contributed by atoms with Crippen molar-refractivity contribution in [3.05, 3.63) is 24.3 Å². The molecule has 4 nitrogen and oxygen atoms in total. The minimum atomic E-state index is -0.119. The number of amides is 2. The molecule has 0 aliphatic carbocycles. The fourth-order valence-corrected chi connectivity index (χ4v) is 5.35. The van der Waals surface area contributed by atoms with Crippen molar-refractivity contribution in [1.29, 1.82) is 0 Å². The van der Waals surface area contributed by atoms with E-state index in [1.54, 1.807) is 12.1 Å². The molecule has 1 aromatic rings. The topological polar surface area (TPSA) is 58.2 Å². The highest BCUT2D eigenvalue weighted by Gasteiger charge is 2.15. The van der Waals surface area contributed by atoms with Gasteiger partial charge in [-0.25, -0.2) is 0 Å². The largest absolute Gasteiger partial charge is 0.326 e. The first-order valence-electron chi connectivity index (χ1n) is 7.59. The Bertz CT molecular complexity index is 517. The molecule has 1 aliphatic heterocycles. The number of carbonyl (C=O) groups excluding carboxylic acids is 2. The molecule has 0 bridgehead atoms. The van der Waals surface area contributed by atoms with Crippen molar-refractivity contribution in [2.75, 3.05) is 16.4 Å². The van der Waals surface area contributed by atoms with Gasteiger partial charge in [0.2, 0.25) is 11.8 Å². The summed E-state index contributed by atoms with van der Waals surface area (Å²) in [5.74, 6) is 1.18. The van der Waals surface area contributed by atoms with Crippen molar-refractivity contribution in [3.8, 4) is 0 Å². The van der Waals surface area contributed by atoms with Gasteiger partial charge in [0.15, 0.2) is 0 Å². The molecule has 1 atom stereocenters. The second kappa shape index (κ2) is 9.10. The van der Waals surface area contributed by atoms with Gasteiger partial charge >= 0.3 is 0 Å². The van der Waals surface area contributed by atoms with Gasteiger partial charge in [0.1, 0.15) is 0 Å². The van der Waals surface area contributed by atoms with Gasteiger partial charge < -0.3 is 10.6 Å². The molecule has 0 radical (unpaired) electrons. The monoisotopic (exact) mass is 338 g/mol. The summed E-state index contributed by atoms with van der Waals surface area (Å²) in [6.07, 6.45) is 5.10. The van der Waals surface area contributed by atoms with Crippen LogP contribution < -0.4 is 10.6 Å². The van der Waals surface area contributed by atoms with Crippen LogP contribution >= 0.6 is 21.6 Å². The van der Waals surface area contributed by atoms with E-state index in [1.807, 2.05) is 33.7 Å². The smallest absolute Gasteiger partial charge is 0.224 e. The molecule has 120 valence electrons. The fraction of sp³-hybridized carbons (Fsp3) is 0.500. The molecule has 1 fully saturated rings. The van der Waals surface area contributed by atoms with Crippen molar-refractivity contribution < 1.29 is 9.59 Å². The van der Waals surface area contributed by atoms with E-state index in [4.69, 9.17) is 0 Å². The van der Waals surface area contributed by atoms with E-state index >= 15 is 0 Å². The highest BCUT2D eigenvalue weighted by molar-refractivity contribution is 8.77. The zero-order valence-corrected chi connectivity index (χ0v) is 14.4. The van der Waals surface area contributed by atoms with Crippen LogP contribution in [0.25, 0.3) is 0 Å². The van der Waals surface area contributed by atoms with Crippen LogP contribution in [0.1, 0.15) is 39.0 Å². The Kier molecular flexibility index (Phi) is 7.12. The molecule has 0 saturated carbocycles. The number of benzene rings is 1. The zero-order valence-electron chi connectivity index (χ0n) is 12.8. The van der Waals surface area contributed by atoms with Gasteiger partial charge in [0.05, 0.1) is 0 Å². The minimum absolute atomic E-state index is 0.0356. The third-order valence-electron chi connectivity index (χ3n) is 3.37. The van der Waals surface area contributed by atoms with Crippen LogP contribution in [-0.2, 0) is 9.59 Å². The average molecular weight is 338 g/mol. The average Bonchev–Trinajstić information content (AvgIpc) is 2.96. The van der Waals surface area contributed by atoms with E-state index < -0.39 is 0 Å². The molecule has 6 heteroatoms. The lowest BCUT2D eigenvalue weighted by molar-refractivity contribution is -0.116. The summed E-state index contributed by atoms with van der Waals surface area (Å²) in [5, 5.41) is 6.37. The Labute approximate surface area is 139 Å². The van der Waals surface area contributed by atoms with Gasteiger partial charge in [-0.05, 0) is 37.5 Å². The summed E-state index contributed by atoms with van der Waals surface area (Å²) in [4.78, 5) is 23.0. The maximum Gasteiger partial charge on any atom is 0.224 e. The number of hydrogen-bond acceptors (Lipinski definition) is 4. The van der Waals surface area contributed by atoms with Crippen LogP contribution in [0.2, 0.25) is 0 Å². The predicted octanol–water partition coefficient (Wildman–Crippen LogP) is 4.30. The van der Waals surface area contributed by atoms with E-state index in [2.05, 4.69) is 10.6 Å². The summed E-state index contributed by atoms with van der Waals surface area (Å²) < 4.78 is 0. The molecule has 0 unspecified atom stereocenters. The van der Waals surface area contributed by atoms with Crippen LogP contribution in [-0.4, -0.2) is 22.8 Å². The molecule has 2 amide bonds. The number of unbranched alkanes of at least 4 members (excludes halogenated alkanes) is 1. The lowest BCUT2D eigenvalue weighted by Crippen LogP contribution is -2.12. The molecule has 0 aromatic heterocycles. The van der Waals surface area contributed by atoms with E-state index in [9.17, 15) is 9.59 Å². The first-order valence-corrected chi connectivity index (χ1v) is 9.97. The quantitative estimate of drug-likeness (QED) is 0.575. The van der Waals surface area contributed by atoms with Gasteiger partial charge in [-0.3, -0.25) is 9.59 Å². The van der Waals surface area contributed by atoms with Crippen molar-refractivity contribution in [1.82, 2.24) is 0 Å². The van der Waals surface area contributed by atoms with Crippen molar-refractivity contribution in [3.63, 3.8) is 0 Å². The van der Waals surface area contributed by atoms with Gasteiger partial charge in [-0.2, -0.15) is 0 Å². The summed E-state index contributed by atoms with van der Waals surface area (Å²) in [7, 11) is 3.95. The summed E-state index contributed by atoms with van der Waals surface area (Å²) in [6.45, 7) is 1.46. The molecule has 1 aliphatic rings. The normalized spacial score (nSPS) is 17.2. The molecule has 22 heavy (non-hydrogen) atoms. The first kappa shape index (κ1) is 17.2. The summed E-state index contributed by atoms with van der Waals surface area (Å²) in [6, 6.07) is 7.21. The van der Waals surface area contributed by atoms with Gasteiger partial charge in [-0.1, -0.05) is 34.1 Å². The maximum absolute atomic E-state index is 11.9. The van der Waals surface area contributed by atoms with Crippen LogP contribution in [0.4, 0.5) is 11.4 Å². The maximum atomic E-state index is 11.9. The van der Waals surface area contributed by atoms with E-state index in [1.165, 1.54) is 25.5 Å². The number of anilines is 2. The number of nitrogens with one attached hydrogen (secondary N) is 2. The van der Waals surface area contributed by atoms with E-state index in [0.29, 0.717) is 12.1 Å². The highest BCUT2D eigenvalue weighted by Crippen LogP contribution is 2.39. The third-order valence-corrected chi connectivity index (χ3v) is 6.38. The third kappa shape index (κ3) is 6.32. The highest BCUT2D eigenvalue weighted by atomic mass is 33.1. The van der Waals surface area contributed by atoms with Crippen LogP contribution in [0.15, 0.2) is 24.3 Å². The van der Waals surface area contributed by atoms with Crippen LogP contribution in [0.3, 0.4) is 0 Å². The standard InChI is InChI=1S/C16H22N2O2S2/c1-12(19)17-13-5-4-6-14(11-13)18-16(20)8-3-2-7-15-9-10-21-22-15/h4-6,11,15H,2-3,7-10H2,1H3,(H,17,19)(H,18,20)/t15-/m1/s1. The predicted molar refractivity (Wildman–Crippen MR) is 96.3 cm³/mol. The molecule has 1 heterocycles. The molecule has 2 rings (SSSR count). The fourth-order valence-electron chi connectivity index (χ4n) is 2.32. The molecule has 1 aromatic carbocycles. The Morgan fingerprint density at radius 3 is 2.68 bits per heavy atom. The number of carbonyl (C=O) groups is 2. The van der Waals surface area contributed by atoms with E-state index in [-0.39, 0.29) is 11.8 Å². The summed E-state index contributed by atoms with van der Waals surface area (Å²) >= 11 is 0. The number of hydrogen-bond donors (Lipinski definition) is 2. The zero-order chi connectivity index (χ0) is 15.8. The molecular formula is C16H22N2O2S2. The van der Waals surface area contributed by atoms with Crippen molar-refractivity contribution >= 4 is 44.8 Å². The van der Waals surface area contributed by atoms with Crippen molar-refractivity contribution in [2.45, 2.75) is 44.3 Å². The first-order chi connectivity index (χ1) is 10.6. The second-order valence-corrected chi connectivity index (χ2v) is 8.17. The van der Waals surface area contributed by atoms with Crippen molar-refractivity contribution in [2.24, 2.45) is 0 Å². The van der Waals surface area contributed by atoms with E-state index in [0.717, 1.165) is 23.8 Å². The van der Waals surface area contributed by atoms with Gasteiger partial charge in [-0.15, -0.1) is 0 Å². The van der Waals surface area contributed by atoms with Gasteiger partial charge in [0, 0.05) is 35.7 Å². The Morgan fingerprint density at radius 2 is 2.00 bits per heavy atom. The van der Waals surface area contributed by atoms with Crippen LogP contribution in [0.5, 0.6) is 0 Å². The summed E-state index contributed by atoms with van der Waals surface area (Å²) in [5.41, 5.74) is 1.42. The molecular weight excluding hydrogens is 316 g/mol. The minimum Gasteiger partial charge on any atom is -0.326 e. The lowest BCUT2D eigenvalue weighted by atomic mass is 10.1. The second-order valence-electron chi connectivity index (χ2n) is 5.38.